The molecule has 0 saturated carbocycles. The number of ether oxygens (including phenoxy) is 2. The number of carbonyl (C=O) groups excluding carboxylic acids is 3. The Labute approximate surface area is 191 Å². The highest BCUT2D eigenvalue weighted by Crippen LogP contribution is 2.27. The van der Waals surface area contributed by atoms with Crippen molar-refractivity contribution in [2.45, 2.75) is 13.8 Å². The second-order valence-electron chi connectivity index (χ2n) is 7.03. The molecule has 0 aliphatic rings. The predicted octanol–water partition coefficient (Wildman–Crippen LogP) is 2.59. The van der Waals surface area contributed by atoms with Gasteiger partial charge in [0.05, 0.1) is 24.0 Å². The largest absolute Gasteiger partial charge is 0.493 e. The maximum atomic E-state index is 12.1. The number of hydrogen-bond donors (Lipinski definition) is 3. The maximum Gasteiger partial charge on any atom is 0.329 e. The van der Waals surface area contributed by atoms with E-state index < -0.39 is 11.8 Å². The molecule has 10 heteroatoms. The average molecular weight is 461 g/mol. The summed E-state index contributed by atoms with van der Waals surface area (Å²) in [5.41, 5.74) is 3.23. The molecule has 2 rings (SSSR count). The lowest BCUT2D eigenvalue weighted by atomic mass is 10.2. The smallest absolute Gasteiger partial charge is 0.329 e. The molecule has 0 aliphatic carbocycles. The average Bonchev–Trinajstić information content (AvgIpc) is 2.77. The van der Waals surface area contributed by atoms with E-state index >= 15 is 0 Å². The third-order valence-electron chi connectivity index (χ3n) is 3.95. The van der Waals surface area contributed by atoms with Crippen molar-refractivity contribution >= 4 is 41.2 Å². The van der Waals surface area contributed by atoms with Crippen molar-refractivity contribution in [1.82, 2.24) is 10.7 Å². The normalized spacial score (nSPS) is 10.7. The van der Waals surface area contributed by atoms with E-state index in [0.717, 1.165) is 0 Å². The molecule has 0 fully saturated rings. The van der Waals surface area contributed by atoms with Crippen LogP contribution in [0, 0.1) is 5.92 Å². The SMILES string of the molecule is COc1cc(/C=N\NC(=O)C(=O)NCC(C)C)ccc1OCC(=O)Nc1ccccc1Cl. The number of rotatable bonds is 9. The first-order chi connectivity index (χ1) is 15.3. The number of hydrogen-bond acceptors (Lipinski definition) is 6. The molecule has 0 bridgehead atoms. The molecule has 0 heterocycles. The van der Waals surface area contributed by atoms with E-state index in [9.17, 15) is 14.4 Å². The Morgan fingerprint density at radius 3 is 2.53 bits per heavy atom. The lowest BCUT2D eigenvalue weighted by Crippen LogP contribution is -2.39. The monoisotopic (exact) mass is 460 g/mol. The van der Waals surface area contributed by atoms with E-state index in [1.165, 1.54) is 13.3 Å². The van der Waals surface area contributed by atoms with Gasteiger partial charge in [-0.3, -0.25) is 14.4 Å². The van der Waals surface area contributed by atoms with Crippen LogP contribution in [0.3, 0.4) is 0 Å². The van der Waals surface area contributed by atoms with Gasteiger partial charge < -0.3 is 20.1 Å². The van der Waals surface area contributed by atoms with Gasteiger partial charge in [-0.15, -0.1) is 0 Å². The highest BCUT2D eigenvalue weighted by atomic mass is 35.5. The zero-order valence-corrected chi connectivity index (χ0v) is 18.7. The van der Waals surface area contributed by atoms with Crippen LogP contribution in [-0.2, 0) is 14.4 Å². The zero-order chi connectivity index (χ0) is 23.5. The number of nitrogens with one attached hydrogen (secondary N) is 3. The Kier molecular flexibility index (Phi) is 9.49. The Morgan fingerprint density at radius 1 is 1.09 bits per heavy atom. The summed E-state index contributed by atoms with van der Waals surface area (Å²) in [7, 11) is 1.45. The van der Waals surface area contributed by atoms with Crippen LogP contribution < -0.4 is 25.5 Å². The van der Waals surface area contributed by atoms with E-state index in [1.807, 2.05) is 13.8 Å². The van der Waals surface area contributed by atoms with Crippen LogP contribution in [-0.4, -0.2) is 44.2 Å². The number of amides is 3. The van der Waals surface area contributed by atoms with E-state index in [0.29, 0.717) is 34.3 Å². The molecule has 0 aromatic heterocycles. The van der Waals surface area contributed by atoms with Gasteiger partial charge >= 0.3 is 11.8 Å². The van der Waals surface area contributed by atoms with Gasteiger partial charge in [0.1, 0.15) is 0 Å². The van der Waals surface area contributed by atoms with Gasteiger partial charge in [0.2, 0.25) is 0 Å². The predicted molar refractivity (Wildman–Crippen MR) is 122 cm³/mol. The van der Waals surface area contributed by atoms with Gasteiger partial charge in [-0.05, 0) is 41.8 Å². The summed E-state index contributed by atoms with van der Waals surface area (Å²) in [6.45, 7) is 3.98. The molecular formula is C22H25ClN4O5. The minimum absolute atomic E-state index is 0.227. The molecule has 170 valence electrons. The standard InChI is InChI=1S/C22H25ClN4O5/c1-14(2)11-24-21(29)22(30)27-25-12-15-8-9-18(19(10-15)31-3)32-13-20(28)26-17-7-5-4-6-16(17)23/h4-10,12,14H,11,13H2,1-3H3,(H,24,29)(H,26,28)(H,27,30)/b25-12-. The third kappa shape index (κ3) is 7.92. The summed E-state index contributed by atoms with van der Waals surface area (Å²) in [6.07, 6.45) is 1.35. The molecule has 3 amide bonds. The summed E-state index contributed by atoms with van der Waals surface area (Å²) in [4.78, 5) is 35.4. The fraction of sp³-hybridized carbons (Fsp3) is 0.273. The molecule has 0 saturated heterocycles. The summed E-state index contributed by atoms with van der Waals surface area (Å²) in [5.74, 6) is -1.07. The number of methoxy groups -OCH3 is 1. The maximum absolute atomic E-state index is 12.1. The van der Waals surface area contributed by atoms with Gasteiger partial charge in [0.25, 0.3) is 5.91 Å². The highest BCUT2D eigenvalue weighted by molar-refractivity contribution is 6.35. The van der Waals surface area contributed by atoms with Gasteiger partial charge in [0, 0.05) is 6.54 Å². The number of anilines is 1. The second-order valence-corrected chi connectivity index (χ2v) is 7.44. The van der Waals surface area contributed by atoms with Crippen molar-refractivity contribution in [3.63, 3.8) is 0 Å². The van der Waals surface area contributed by atoms with E-state index in [-0.39, 0.29) is 18.4 Å². The first-order valence-corrected chi connectivity index (χ1v) is 10.1. The lowest BCUT2D eigenvalue weighted by molar-refractivity contribution is -0.139. The number of hydrazone groups is 1. The van der Waals surface area contributed by atoms with Crippen molar-refractivity contribution in [1.29, 1.82) is 0 Å². The second kappa shape index (κ2) is 12.3. The van der Waals surface area contributed by atoms with E-state index in [2.05, 4.69) is 21.2 Å². The van der Waals surface area contributed by atoms with Crippen LogP contribution >= 0.6 is 11.6 Å². The quantitative estimate of drug-likeness (QED) is 0.302. The van der Waals surface area contributed by atoms with Crippen LogP contribution in [0.1, 0.15) is 19.4 Å². The minimum Gasteiger partial charge on any atom is -0.493 e. The van der Waals surface area contributed by atoms with E-state index in [4.69, 9.17) is 21.1 Å². The Hall–Kier alpha value is -3.59. The zero-order valence-electron chi connectivity index (χ0n) is 18.0. The van der Waals surface area contributed by atoms with Crippen LogP contribution in [0.15, 0.2) is 47.6 Å². The van der Waals surface area contributed by atoms with Crippen molar-refractivity contribution in [3.8, 4) is 11.5 Å². The number of halogens is 1. The Bertz CT molecular complexity index is 994. The van der Waals surface area contributed by atoms with Gasteiger partial charge in [-0.2, -0.15) is 5.10 Å². The lowest BCUT2D eigenvalue weighted by Gasteiger charge is -2.12. The first kappa shape index (κ1) is 24.7. The topological polar surface area (TPSA) is 118 Å². The summed E-state index contributed by atoms with van der Waals surface area (Å²) in [6, 6.07) is 11.7. The number of carbonyl (C=O) groups is 3. The Morgan fingerprint density at radius 2 is 1.84 bits per heavy atom. The van der Waals surface area contributed by atoms with Crippen LogP contribution in [0.2, 0.25) is 5.02 Å². The molecule has 2 aromatic carbocycles. The fourth-order valence-electron chi connectivity index (χ4n) is 2.37. The fourth-order valence-corrected chi connectivity index (χ4v) is 2.55. The molecular weight excluding hydrogens is 436 g/mol. The summed E-state index contributed by atoms with van der Waals surface area (Å²) >= 11 is 6.02. The van der Waals surface area contributed by atoms with E-state index in [1.54, 1.807) is 42.5 Å². The summed E-state index contributed by atoms with van der Waals surface area (Å²) in [5, 5.41) is 9.35. The molecule has 32 heavy (non-hydrogen) atoms. The van der Waals surface area contributed by atoms with Crippen molar-refractivity contribution in [3.05, 3.63) is 53.1 Å². The van der Waals surface area contributed by atoms with Crippen LogP contribution in [0.25, 0.3) is 0 Å². The molecule has 9 nitrogen and oxygen atoms in total. The third-order valence-corrected chi connectivity index (χ3v) is 4.28. The highest BCUT2D eigenvalue weighted by Gasteiger charge is 2.13. The van der Waals surface area contributed by atoms with Gasteiger partial charge in [0.15, 0.2) is 18.1 Å². The minimum atomic E-state index is -0.863. The Balaban J connectivity index is 1.91. The molecule has 0 aliphatic heterocycles. The van der Waals surface area contributed by atoms with Gasteiger partial charge in [-0.1, -0.05) is 37.6 Å². The number of benzene rings is 2. The number of para-hydroxylation sites is 1. The van der Waals surface area contributed by atoms with Crippen molar-refractivity contribution < 1.29 is 23.9 Å². The molecule has 2 aromatic rings. The first-order valence-electron chi connectivity index (χ1n) is 9.76. The van der Waals surface area contributed by atoms with Crippen LogP contribution in [0.4, 0.5) is 5.69 Å². The van der Waals surface area contributed by atoms with Gasteiger partial charge in [-0.25, -0.2) is 5.43 Å². The van der Waals surface area contributed by atoms with Crippen molar-refractivity contribution in [2.24, 2.45) is 11.0 Å². The molecule has 0 unspecified atom stereocenters. The molecule has 3 N–H and O–H groups in total. The molecule has 0 radical (unpaired) electrons. The van der Waals surface area contributed by atoms with Crippen molar-refractivity contribution in [2.75, 3.05) is 25.6 Å². The van der Waals surface area contributed by atoms with Crippen LogP contribution in [0.5, 0.6) is 11.5 Å². The molecule has 0 spiro atoms. The number of nitrogens with zero attached hydrogens (tertiary/aromatic N) is 1. The summed E-state index contributed by atoms with van der Waals surface area (Å²) < 4.78 is 10.8. The molecule has 0 atom stereocenters.